The quantitative estimate of drug-likeness (QED) is 0.788. The van der Waals surface area contributed by atoms with E-state index in [1.165, 1.54) is 21.7 Å². The minimum absolute atomic E-state index is 0.113. The molecule has 0 spiro atoms. The molecule has 0 bridgehead atoms. The summed E-state index contributed by atoms with van der Waals surface area (Å²) in [6.45, 7) is 9.74. The number of rotatable bonds is 3. The standard InChI is InChI=1S/C20H24N2OS/c1-15-5-4-6-19(17(15)3)21-11-13-22(14-12-21)20(23)10-9-18-8-7-16(2)24-18/h4-10H,11-14H2,1-3H3/b10-9+. The van der Waals surface area contributed by atoms with Gasteiger partial charge in [-0.25, -0.2) is 0 Å². The summed E-state index contributed by atoms with van der Waals surface area (Å²) in [6.07, 6.45) is 3.63. The second kappa shape index (κ2) is 7.22. The average Bonchev–Trinajstić information content (AvgIpc) is 3.01. The number of benzene rings is 1. The van der Waals surface area contributed by atoms with Gasteiger partial charge in [-0.1, -0.05) is 12.1 Å². The lowest BCUT2D eigenvalue weighted by atomic mass is 10.1. The van der Waals surface area contributed by atoms with Gasteiger partial charge >= 0.3 is 0 Å². The third kappa shape index (κ3) is 3.70. The van der Waals surface area contributed by atoms with Crippen molar-refractivity contribution in [2.75, 3.05) is 31.1 Å². The zero-order valence-corrected chi connectivity index (χ0v) is 15.4. The van der Waals surface area contributed by atoms with Crippen LogP contribution in [0.2, 0.25) is 0 Å². The number of hydrogen-bond donors (Lipinski definition) is 0. The Balaban J connectivity index is 1.59. The number of carbonyl (C=O) groups is 1. The number of piperazine rings is 1. The first-order valence-electron chi connectivity index (χ1n) is 8.39. The van der Waals surface area contributed by atoms with Crippen LogP contribution in [0.5, 0.6) is 0 Å². The molecule has 1 aromatic heterocycles. The summed E-state index contributed by atoms with van der Waals surface area (Å²) in [5.74, 6) is 0.113. The fraction of sp³-hybridized carbons (Fsp3) is 0.350. The molecule has 1 fully saturated rings. The number of amides is 1. The van der Waals surface area contributed by atoms with E-state index in [4.69, 9.17) is 0 Å². The SMILES string of the molecule is Cc1ccc(/C=C/C(=O)N2CCN(c3cccc(C)c3C)CC2)s1. The number of aryl methyl sites for hydroxylation is 2. The van der Waals surface area contributed by atoms with E-state index in [0.717, 1.165) is 31.1 Å². The molecule has 3 rings (SSSR count). The van der Waals surface area contributed by atoms with Crippen molar-refractivity contribution in [2.45, 2.75) is 20.8 Å². The highest BCUT2D eigenvalue weighted by Crippen LogP contribution is 2.24. The first-order valence-corrected chi connectivity index (χ1v) is 9.21. The third-order valence-corrected chi connectivity index (χ3v) is 5.63. The lowest BCUT2D eigenvalue weighted by Gasteiger charge is -2.36. The van der Waals surface area contributed by atoms with E-state index in [1.807, 2.05) is 11.0 Å². The molecule has 1 aromatic carbocycles. The van der Waals surface area contributed by atoms with Crippen LogP contribution in [0.3, 0.4) is 0 Å². The topological polar surface area (TPSA) is 23.6 Å². The van der Waals surface area contributed by atoms with Crippen LogP contribution in [-0.4, -0.2) is 37.0 Å². The molecule has 0 saturated carbocycles. The average molecular weight is 340 g/mol. The largest absolute Gasteiger partial charge is 0.368 e. The summed E-state index contributed by atoms with van der Waals surface area (Å²) in [5, 5.41) is 0. The van der Waals surface area contributed by atoms with E-state index in [0.29, 0.717) is 0 Å². The molecule has 24 heavy (non-hydrogen) atoms. The van der Waals surface area contributed by atoms with Crippen LogP contribution >= 0.6 is 11.3 Å². The molecule has 0 aliphatic carbocycles. The van der Waals surface area contributed by atoms with Crippen LogP contribution in [0.25, 0.3) is 6.08 Å². The first kappa shape index (κ1) is 16.8. The number of thiophene rings is 1. The monoisotopic (exact) mass is 340 g/mol. The van der Waals surface area contributed by atoms with Crippen LogP contribution < -0.4 is 4.90 Å². The Hall–Kier alpha value is -2.07. The van der Waals surface area contributed by atoms with E-state index in [9.17, 15) is 4.79 Å². The van der Waals surface area contributed by atoms with Crippen molar-refractivity contribution in [3.8, 4) is 0 Å². The second-order valence-electron chi connectivity index (χ2n) is 6.31. The Labute approximate surface area is 148 Å². The maximum Gasteiger partial charge on any atom is 0.246 e. The van der Waals surface area contributed by atoms with Gasteiger partial charge in [-0.2, -0.15) is 0 Å². The van der Waals surface area contributed by atoms with Gasteiger partial charge in [0.05, 0.1) is 0 Å². The van der Waals surface area contributed by atoms with Gasteiger partial charge in [0.2, 0.25) is 5.91 Å². The molecule has 0 unspecified atom stereocenters. The summed E-state index contributed by atoms with van der Waals surface area (Å²) < 4.78 is 0. The number of carbonyl (C=O) groups excluding carboxylic acids is 1. The molecule has 3 nitrogen and oxygen atoms in total. The minimum Gasteiger partial charge on any atom is -0.368 e. The van der Waals surface area contributed by atoms with E-state index >= 15 is 0 Å². The first-order chi connectivity index (χ1) is 11.5. The molecular weight excluding hydrogens is 316 g/mol. The molecule has 2 aromatic rings. The molecule has 0 radical (unpaired) electrons. The number of nitrogens with zero attached hydrogens (tertiary/aromatic N) is 2. The van der Waals surface area contributed by atoms with Crippen LogP contribution in [0.15, 0.2) is 36.4 Å². The lowest BCUT2D eigenvalue weighted by molar-refractivity contribution is -0.126. The van der Waals surface area contributed by atoms with Crippen molar-refractivity contribution in [1.82, 2.24) is 4.90 Å². The number of hydrogen-bond acceptors (Lipinski definition) is 3. The highest BCUT2D eigenvalue weighted by Gasteiger charge is 2.20. The molecule has 2 heterocycles. The third-order valence-electron chi connectivity index (χ3n) is 4.66. The fourth-order valence-electron chi connectivity index (χ4n) is 3.05. The maximum atomic E-state index is 12.4. The highest BCUT2D eigenvalue weighted by molar-refractivity contribution is 7.12. The smallest absolute Gasteiger partial charge is 0.246 e. The highest BCUT2D eigenvalue weighted by atomic mass is 32.1. The Kier molecular flexibility index (Phi) is 5.05. The van der Waals surface area contributed by atoms with Crippen LogP contribution in [0, 0.1) is 20.8 Å². The van der Waals surface area contributed by atoms with Gasteiger partial charge < -0.3 is 9.80 Å². The lowest BCUT2D eigenvalue weighted by Crippen LogP contribution is -2.48. The van der Waals surface area contributed by atoms with E-state index in [1.54, 1.807) is 17.4 Å². The molecular formula is C20H24N2OS. The van der Waals surface area contributed by atoms with Gasteiger partial charge in [0.25, 0.3) is 0 Å². The summed E-state index contributed by atoms with van der Waals surface area (Å²) in [7, 11) is 0. The second-order valence-corrected chi connectivity index (χ2v) is 7.63. The fourth-order valence-corrected chi connectivity index (χ4v) is 3.83. The van der Waals surface area contributed by atoms with Crippen molar-refractivity contribution in [3.05, 3.63) is 57.3 Å². The minimum atomic E-state index is 0.113. The van der Waals surface area contributed by atoms with Gasteiger partial charge in [0, 0.05) is 47.7 Å². The van der Waals surface area contributed by atoms with Gasteiger partial charge in [-0.15, -0.1) is 11.3 Å². The zero-order chi connectivity index (χ0) is 17.1. The zero-order valence-electron chi connectivity index (χ0n) is 14.6. The predicted octanol–water partition coefficient (Wildman–Crippen LogP) is 4.04. The molecule has 0 atom stereocenters. The van der Waals surface area contributed by atoms with E-state index in [-0.39, 0.29) is 5.91 Å². The Bertz CT molecular complexity index is 755. The van der Waals surface area contributed by atoms with Gasteiger partial charge in [0.15, 0.2) is 0 Å². The summed E-state index contributed by atoms with van der Waals surface area (Å²) in [4.78, 5) is 19.1. The van der Waals surface area contributed by atoms with Gasteiger partial charge in [-0.3, -0.25) is 4.79 Å². The van der Waals surface area contributed by atoms with Crippen molar-refractivity contribution < 1.29 is 4.79 Å². The summed E-state index contributed by atoms with van der Waals surface area (Å²) in [5.41, 5.74) is 3.96. The Morgan fingerprint density at radius 1 is 1.04 bits per heavy atom. The summed E-state index contributed by atoms with van der Waals surface area (Å²) >= 11 is 1.71. The van der Waals surface area contributed by atoms with Crippen molar-refractivity contribution in [3.63, 3.8) is 0 Å². The molecule has 1 amide bonds. The molecule has 4 heteroatoms. The molecule has 1 aliphatic heterocycles. The van der Waals surface area contributed by atoms with Gasteiger partial charge in [-0.05, 0) is 56.2 Å². The predicted molar refractivity (Wildman–Crippen MR) is 103 cm³/mol. The molecule has 1 aliphatic rings. The molecule has 1 saturated heterocycles. The summed E-state index contributed by atoms with van der Waals surface area (Å²) in [6, 6.07) is 10.6. The number of anilines is 1. The van der Waals surface area contributed by atoms with Crippen LogP contribution in [0.1, 0.15) is 20.9 Å². The van der Waals surface area contributed by atoms with E-state index < -0.39 is 0 Å². The Morgan fingerprint density at radius 2 is 1.79 bits per heavy atom. The normalized spacial score (nSPS) is 15.3. The Morgan fingerprint density at radius 3 is 2.46 bits per heavy atom. The van der Waals surface area contributed by atoms with Crippen LogP contribution in [-0.2, 0) is 4.79 Å². The van der Waals surface area contributed by atoms with Crippen molar-refractivity contribution in [2.24, 2.45) is 0 Å². The van der Waals surface area contributed by atoms with Crippen molar-refractivity contribution in [1.29, 1.82) is 0 Å². The van der Waals surface area contributed by atoms with Crippen LogP contribution in [0.4, 0.5) is 5.69 Å². The van der Waals surface area contributed by atoms with E-state index in [2.05, 4.69) is 56.0 Å². The van der Waals surface area contributed by atoms with Gasteiger partial charge in [0.1, 0.15) is 0 Å². The maximum absolute atomic E-state index is 12.4. The van der Waals surface area contributed by atoms with Crippen molar-refractivity contribution >= 4 is 29.0 Å². The molecule has 0 N–H and O–H groups in total. The molecule has 126 valence electrons.